The van der Waals surface area contributed by atoms with Crippen molar-refractivity contribution >= 4 is 17.8 Å². The van der Waals surface area contributed by atoms with Crippen LogP contribution in [0.3, 0.4) is 0 Å². The van der Waals surface area contributed by atoms with E-state index in [-0.39, 0.29) is 0 Å². The molecule has 1 amide bonds. The zero-order valence-electron chi connectivity index (χ0n) is 11.3. The number of hydrazine groups is 1. The van der Waals surface area contributed by atoms with Crippen LogP contribution < -0.4 is 10.4 Å². The van der Waals surface area contributed by atoms with Gasteiger partial charge in [-0.2, -0.15) is 5.01 Å². The van der Waals surface area contributed by atoms with Crippen molar-refractivity contribution in [3.63, 3.8) is 0 Å². The molecular weight excluding hydrogens is 252 g/mol. The van der Waals surface area contributed by atoms with E-state index in [1.807, 2.05) is 72.6 Å². The van der Waals surface area contributed by atoms with E-state index < -0.39 is 0 Å². The summed E-state index contributed by atoms with van der Waals surface area (Å²) in [6, 6.07) is 19.5. The van der Waals surface area contributed by atoms with Gasteiger partial charge < -0.3 is 0 Å². The van der Waals surface area contributed by atoms with E-state index in [4.69, 9.17) is 0 Å². The second-order valence-electron chi connectivity index (χ2n) is 4.02. The maximum Gasteiger partial charge on any atom is 0.315 e. The summed E-state index contributed by atoms with van der Waals surface area (Å²) in [6.45, 7) is 2.74. The Morgan fingerprint density at radius 2 is 1.70 bits per heavy atom. The van der Waals surface area contributed by atoms with Crippen LogP contribution in [0.1, 0.15) is 6.92 Å². The third-order valence-electron chi connectivity index (χ3n) is 2.77. The smallest absolute Gasteiger partial charge is 0.249 e. The maximum absolute atomic E-state index is 10.5. The van der Waals surface area contributed by atoms with E-state index in [9.17, 15) is 4.79 Å². The van der Waals surface area contributed by atoms with Crippen LogP contribution in [-0.4, -0.2) is 17.8 Å². The topological polar surface area (TPSA) is 47.7 Å². The second kappa shape index (κ2) is 7.04. The average Bonchev–Trinajstić information content (AvgIpc) is 2.53. The van der Waals surface area contributed by atoms with Gasteiger partial charge >= 0.3 is 6.41 Å². The monoisotopic (exact) mass is 269 g/mol. The Kier molecular flexibility index (Phi) is 4.83. The number of nitrogens with zero attached hydrogens (tertiary/aromatic N) is 3. The van der Waals surface area contributed by atoms with Crippen LogP contribution >= 0.6 is 0 Å². The number of carbonyl (C=O) groups is 1. The molecule has 2 aromatic rings. The molecule has 0 bridgehead atoms. The van der Waals surface area contributed by atoms with Gasteiger partial charge in [0.15, 0.2) is 5.69 Å². The third kappa shape index (κ3) is 3.20. The quantitative estimate of drug-likeness (QED) is 0.379. The van der Waals surface area contributed by atoms with Gasteiger partial charge in [-0.1, -0.05) is 36.4 Å². The first-order valence-electron chi connectivity index (χ1n) is 6.44. The minimum absolute atomic E-state index is 0.550. The Hall–Kier alpha value is -2.69. The first kappa shape index (κ1) is 13.7. The molecule has 2 rings (SSSR count). The largest absolute Gasteiger partial charge is 0.315 e. The lowest BCUT2D eigenvalue weighted by Crippen LogP contribution is -2.32. The van der Waals surface area contributed by atoms with Crippen LogP contribution in [0, 0.1) is 0 Å². The van der Waals surface area contributed by atoms with Crippen LogP contribution in [0.15, 0.2) is 65.9 Å². The van der Waals surface area contributed by atoms with Crippen LogP contribution in [-0.2, 0) is 4.79 Å². The molecule has 0 heterocycles. The van der Waals surface area contributed by atoms with Crippen LogP contribution in [0.25, 0.3) is 0 Å². The summed E-state index contributed by atoms with van der Waals surface area (Å²) in [6.07, 6.45) is 0.550. The lowest BCUT2D eigenvalue weighted by atomic mass is 10.3. The predicted molar refractivity (Wildman–Crippen MR) is 77.5 cm³/mol. The van der Waals surface area contributed by atoms with Gasteiger partial charge in [0.25, 0.3) is 0 Å². The molecule has 0 unspecified atom stereocenters. The first-order valence-corrected chi connectivity index (χ1v) is 6.44. The number of amides is 1. The first-order chi connectivity index (χ1) is 9.86. The SMILES string of the molecule is CCN(c1ccccc1)[N+](=NNC=O)c1ccccc1. The summed E-state index contributed by atoms with van der Waals surface area (Å²) >= 11 is 0. The Morgan fingerprint density at radius 1 is 1.10 bits per heavy atom. The Labute approximate surface area is 118 Å². The summed E-state index contributed by atoms with van der Waals surface area (Å²) in [4.78, 5) is 12.2. The maximum atomic E-state index is 10.5. The highest BCUT2D eigenvalue weighted by atomic mass is 16.1. The molecule has 0 saturated carbocycles. The molecule has 0 aliphatic heterocycles. The third-order valence-corrected chi connectivity index (χ3v) is 2.77. The van der Waals surface area contributed by atoms with Crippen molar-refractivity contribution in [1.82, 2.24) is 5.43 Å². The van der Waals surface area contributed by atoms with E-state index in [0.717, 1.165) is 11.4 Å². The lowest BCUT2D eigenvalue weighted by molar-refractivity contribution is -0.531. The van der Waals surface area contributed by atoms with E-state index in [1.165, 1.54) is 0 Å². The van der Waals surface area contributed by atoms with Crippen LogP contribution in [0.5, 0.6) is 0 Å². The molecule has 0 saturated heterocycles. The van der Waals surface area contributed by atoms with E-state index >= 15 is 0 Å². The summed E-state index contributed by atoms with van der Waals surface area (Å²) in [5.41, 5.74) is 4.22. The van der Waals surface area contributed by atoms with Crippen LogP contribution in [0.4, 0.5) is 11.4 Å². The molecule has 0 aliphatic carbocycles. The number of anilines is 1. The summed E-state index contributed by atoms with van der Waals surface area (Å²) in [7, 11) is 0. The van der Waals surface area contributed by atoms with Gasteiger partial charge in [-0.3, -0.25) is 0 Å². The van der Waals surface area contributed by atoms with Crippen molar-refractivity contribution in [2.24, 2.45) is 5.22 Å². The zero-order chi connectivity index (χ0) is 14.2. The Bertz CT molecular complexity index is 569. The van der Waals surface area contributed by atoms with Gasteiger partial charge in [-0.15, -0.1) is 5.43 Å². The van der Waals surface area contributed by atoms with E-state index in [1.54, 1.807) is 4.81 Å². The molecule has 102 valence electrons. The lowest BCUT2D eigenvalue weighted by Gasteiger charge is -2.20. The average molecular weight is 269 g/mol. The zero-order valence-corrected chi connectivity index (χ0v) is 11.3. The fourth-order valence-electron chi connectivity index (χ4n) is 1.92. The van der Waals surface area contributed by atoms with Gasteiger partial charge in [-0.05, 0) is 36.0 Å². The molecule has 0 aliphatic rings. The molecule has 0 spiro atoms. The number of benzene rings is 2. The van der Waals surface area contributed by atoms with Crippen molar-refractivity contribution in [3.8, 4) is 0 Å². The van der Waals surface area contributed by atoms with Crippen molar-refractivity contribution < 1.29 is 9.60 Å². The van der Waals surface area contributed by atoms with Crippen molar-refractivity contribution in [3.05, 3.63) is 60.7 Å². The molecule has 1 N–H and O–H groups in total. The summed E-state index contributed by atoms with van der Waals surface area (Å²) < 4.78 is 0. The number of nitrogens with one attached hydrogen (secondary N) is 1. The van der Waals surface area contributed by atoms with Gasteiger partial charge in [0, 0.05) is 0 Å². The molecule has 0 radical (unpaired) electrons. The molecule has 0 fully saturated rings. The second-order valence-corrected chi connectivity index (χ2v) is 4.02. The number of para-hydroxylation sites is 2. The highest BCUT2D eigenvalue weighted by Crippen LogP contribution is 2.20. The summed E-state index contributed by atoms with van der Waals surface area (Å²) in [5, 5.41) is 6.07. The summed E-state index contributed by atoms with van der Waals surface area (Å²) in [5.74, 6) is 0. The van der Waals surface area contributed by atoms with Gasteiger partial charge in [0.1, 0.15) is 5.22 Å². The van der Waals surface area contributed by atoms with Crippen molar-refractivity contribution in [1.29, 1.82) is 0 Å². The van der Waals surface area contributed by atoms with E-state index in [0.29, 0.717) is 13.0 Å². The fraction of sp³-hybridized carbons (Fsp3) is 0.133. The van der Waals surface area contributed by atoms with Crippen LogP contribution in [0.2, 0.25) is 0 Å². The molecule has 5 heteroatoms. The number of hydrogen-bond donors (Lipinski definition) is 1. The van der Waals surface area contributed by atoms with E-state index in [2.05, 4.69) is 10.6 Å². The minimum atomic E-state index is 0.550. The van der Waals surface area contributed by atoms with Gasteiger partial charge in [-0.25, -0.2) is 4.79 Å². The number of hydrogen-bond acceptors (Lipinski definition) is 2. The Balaban J connectivity index is 2.42. The fourth-order valence-corrected chi connectivity index (χ4v) is 1.92. The Morgan fingerprint density at radius 3 is 2.25 bits per heavy atom. The molecule has 0 aromatic heterocycles. The highest BCUT2D eigenvalue weighted by molar-refractivity contribution is 5.45. The van der Waals surface area contributed by atoms with Crippen molar-refractivity contribution in [2.75, 3.05) is 11.6 Å². The number of rotatable bonds is 6. The molecule has 2 aromatic carbocycles. The molecule has 0 atom stereocenters. The van der Waals surface area contributed by atoms with Crippen molar-refractivity contribution in [2.45, 2.75) is 6.92 Å². The minimum Gasteiger partial charge on any atom is -0.249 e. The highest BCUT2D eigenvalue weighted by Gasteiger charge is 2.17. The number of carbonyl (C=O) groups excluding carboxylic acids is 1. The molecule has 5 nitrogen and oxygen atoms in total. The standard InChI is InChI=1S/C15H16N4O/c1-2-18(14-9-5-3-6-10-14)19(17-16-13-20)15-11-7-4-8-12-15/h3-13H,2H2,1H3/p+1. The molecular formula is C15H17N4O+. The van der Waals surface area contributed by atoms with Gasteiger partial charge in [0.2, 0.25) is 0 Å². The molecule has 20 heavy (non-hydrogen) atoms. The predicted octanol–water partition coefficient (Wildman–Crippen LogP) is 2.89. The normalized spacial score (nSPS) is 10.9. The van der Waals surface area contributed by atoms with Gasteiger partial charge in [0.05, 0.1) is 12.2 Å².